The van der Waals surface area contributed by atoms with E-state index in [1.165, 1.54) is 0 Å². The van der Waals surface area contributed by atoms with Crippen molar-refractivity contribution in [3.63, 3.8) is 0 Å². The molecule has 0 rings (SSSR count). The van der Waals surface area contributed by atoms with Crippen LogP contribution in [0.4, 0.5) is 0 Å². The van der Waals surface area contributed by atoms with Gasteiger partial charge in [0.15, 0.2) is 0 Å². The van der Waals surface area contributed by atoms with Crippen LogP contribution in [0.5, 0.6) is 0 Å². The number of ketones is 1. The lowest BCUT2D eigenvalue weighted by Crippen LogP contribution is -2.19. The Morgan fingerprint density at radius 2 is 2.00 bits per heavy atom. The lowest BCUT2D eigenvalue weighted by atomic mass is 10.2. The van der Waals surface area contributed by atoms with Crippen LogP contribution >= 0.6 is 0 Å². The number of carbonyl (C=O) groups excluding carboxylic acids is 1. The average Bonchev–Trinajstić information content (AvgIpc) is 1.89. The van der Waals surface area contributed by atoms with E-state index in [4.69, 9.17) is 0 Å². The second kappa shape index (κ2) is 6.71. The standard InChI is InChI=1S/C7H16N2O/c1-8-5-3-4-7(10)6-9-2/h8-9H,3-6H2,1-2H3. The molecule has 0 saturated carbocycles. The van der Waals surface area contributed by atoms with E-state index in [1.807, 2.05) is 7.05 Å². The molecule has 0 aliphatic carbocycles. The first-order valence-corrected chi connectivity index (χ1v) is 3.62. The van der Waals surface area contributed by atoms with Crippen LogP contribution in [0.1, 0.15) is 12.8 Å². The van der Waals surface area contributed by atoms with Crippen molar-refractivity contribution in [3.8, 4) is 0 Å². The van der Waals surface area contributed by atoms with E-state index >= 15 is 0 Å². The number of carbonyl (C=O) groups is 1. The van der Waals surface area contributed by atoms with Crippen molar-refractivity contribution in [3.05, 3.63) is 0 Å². The third-order valence-corrected chi connectivity index (χ3v) is 1.26. The smallest absolute Gasteiger partial charge is 0.146 e. The van der Waals surface area contributed by atoms with Gasteiger partial charge in [0, 0.05) is 6.42 Å². The molecule has 2 N–H and O–H groups in total. The van der Waals surface area contributed by atoms with Crippen LogP contribution < -0.4 is 10.6 Å². The maximum atomic E-state index is 10.8. The summed E-state index contributed by atoms with van der Waals surface area (Å²) in [7, 11) is 3.68. The molecular formula is C7H16N2O. The molecule has 0 spiro atoms. The lowest BCUT2D eigenvalue weighted by molar-refractivity contribution is -0.118. The third kappa shape index (κ3) is 5.72. The van der Waals surface area contributed by atoms with Gasteiger partial charge in [-0.05, 0) is 27.1 Å². The molecule has 3 heteroatoms. The zero-order chi connectivity index (χ0) is 7.82. The van der Waals surface area contributed by atoms with E-state index in [2.05, 4.69) is 10.6 Å². The van der Waals surface area contributed by atoms with Crippen LogP contribution in [-0.2, 0) is 4.79 Å². The molecule has 0 aliphatic heterocycles. The first kappa shape index (κ1) is 9.59. The van der Waals surface area contributed by atoms with Crippen LogP contribution in [0, 0.1) is 0 Å². The van der Waals surface area contributed by atoms with Gasteiger partial charge in [-0.2, -0.15) is 0 Å². The number of hydrogen-bond donors (Lipinski definition) is 2. The van der Waals surface area contributed by atoms with E-state index in [9.17, 15) is 4.79 Å². The van der Waals surface area contributed by atoms with E-state index in [0.29, 0.717) is 13.0 Å². The molecule has 0 saturated heterocycles. The second-order valence-corrected chi connectivity index (χ2v) is 2.28. The summed E-state index contributed by atoms with van der Waals surface area (Å²) in [6.45, 7) is 1.43. The van der Waals surface area contributed by atoms with Crippen LogP contribution in [0.3, 0.4) is 0 Å². The first-order valence-electron chi connectivity index (χ1n) is 3.62. The van der Waals surface area contributed by atoms with Gasteiger partial charge >= 0.3 is 0 Å². The molecule has 0 aliphatic rings. The number of hydrogen-bond acceptors (Lipinski definition) is 3. The van der Waals surface area contributed by atoms with E-state index < -0.39 is 0 Å². The summed E-state index contributed by atoms with van der Waals surface area (Å²) < 4.78 is 0. The minimum absolute atomic E-state index is 0.290. The topological polar surface area (TPSA) is 41.1 Å². The summed E-state index contributed by atoms with van der Waals surface area (Å²) in [5.74, 6) is 0.290. The summed E-state index contributed by atoms with van der Waals surface area (Å²) in [6.07, 6.45) is 1.62. The van der Waals surface area contributed by atoms with Crippen LogP contribution in [-0.4, -0.2) is 33.0 Å². The number of rotatable bonds is 6. The van der Waals surface area contributed by atoms with Crippen molar-refractivity contribution in [2.45, 2.75) is 12.8 Å². The van der Waals surface area contributed by atoms with Crippen LogP contribution in [0.25, 0.3) is 0 Å². The molecule has 0 amide bonds. The predicted octanol–water partition coefficient (Wildman–Crippen LogP) is -0.226. The summed E-state index contributed by atoms with van der Waals surface area (Å²) >= 11 is 0. The highest BCUT2D eigenvalue weighted by Gasteiger charge is 1.97. The maximum absolute atomic E-state index is 10.8. The van der Waals surface area contributed by atoms with Gasteiger partial charge in [-0.15, -0.1) is 0 Å². The number of likely N-dealkylation sites (N-methyl/N-ethyl adjacent to an activating group) is 1. The van der Waals surface area contributed by atoms with Crippen molar-refractivity contribution in [2.75, 3.05) is 27.2 Å². The van der Waals surface area contributed by atoms with Gasteiger partial charge in [0.05, 0.1) is 6.54 Å². The van der Waals surface area contributed by atoms with Gasteiger partial charge < -0.3 is 10.6 Å². The normalized spacial score (nSPS) is 9.80. The van der Waals surface area contributed by atoms with Crippen LogP contribution in [0.2, 0.25) is 0 Å². The zero-order valence-electron chi connectivity index (χ0n) is 6.74. The Hall–Kier alpha value is -0.410. The second-order valence-electron chi connectivity index (χ2n) is 2.28. The monoisotopic (exact) mass is 144 g/mol. The Labute approximate surface area is 62.2 Å². The number of Topliss-reactive ketones (excluding diaryl/α,β-unsaturated/α-hetero) is 1. The Kier molecular flexibility index (Phi) is 6.43. The Morgan fingerprint density at radius 3 is 2.50 bits per heavy atom. The quantitative estimate of drug-likeness (QED) is 0.506. The molecule has 0 aromatic heterocycles. The largest absolute Gasteiger partial charge is 0.320 e. The minimum atomic E-state index is 0.290. The summed E-state index contributed by atoms with van der Waals surface area (Å²) in [6, 6.07) is 0. The molecule has 0 aromatic rings. The van der Waals surface area contributed by atoms with Crippen molar-refractivity contribution >= 4 is 5.78 Å². The molecule has 60 valence electrons. The summed E-state index contributed by atoms with van der Waals surface area (Å²) in [5, 5.41) is 5.82. The van der Waals surface area contributed by atoms with Crippen molar-refractivity contribution < 1.29 is 4.79 Å². The summed E-state index contributed by atoms with van der Waals surface area (Å²) in [4.78, 5) is 10.8. The fourth-order valence-corrected chi connectivity index (χ4v) is 0.748. The fraction of sp³-hybridized carbons (Fsp3) is 0.857. The van der Waals surface area contributed by atoms with Gasteiger partial charge in [-0.1, -0.05) is 0 Å². The Morgan fingerprint density at radius 1 is 1.30 bits per heavy atom. The van der Waals surface area contributed by atoms with Gasteiger partial charge in [0.25, 0.3) is 0 Å². The van der Waals surface area contributed by atoms with E-state index in [-0.39, 0.29) is 5.78 Å². The van der Waals surface area contributed by atoms with Crippen molar-refractivity contribution in [1.82, 2.24) is 10.6 Å². The molecule has 0 unspecified atom stereocenters. The molecule has 3 nitrogen and oxygen atoms in total. The van der Waals surface area contributed by atoms with Crippen molar-refractivity contribution in [1.29, 1.82) is 0 Å². The fourth-order valence-electron chi connectivity index (χ4n) is 0.748. The highest BCUT2D eigenvalue weighted by Crippen LogP contribution is 1.86. The van der Waals surface area contributed by atoms with E-state index in [1.54, 1.807) is 7.05 Å². The summed E-state index contributed by atoms with van der Waals surface area (Å²) in [5.41, 5.74) is 0. The molecule has 0 atom stereocenters. The first-order chi connectivity index (χ1) is 4.81. The van der Waals surface area contributed by atoms with Crippen molar-refractivity contribution in [2.24, 2.45) is 0 Å². The zero-order valence-corrected chi connectivity index (χ0v) is 6.74. The molecular weight excluding hydrogens is 128 g/mol. The van der Waals surface area contributed by atoms with Gasteiger partial charge in [-0.3, -0.25) is 4.79 Å². The lowest BCUT2D eigenvalue weighted by Gasteiger charge is -1.98. The molecule has 0 fully saturated rings. The molecule has 0 aromatic carbocycles. The molecule has 0 bridgehead atoms. The third-order valence-electron chi connectivity index (χ3n) is 1.26. The molecule has 0 heterocycles. The number of nitrogens with one attached hydrogen (secondary N) is 2. The molecule has 0 radical (unpaired) electrons. The highest BCUT2D eigenvalue weighted by molar-refractivity contribution is 5.80. The SMILES string of the molecule is CNCCCC(=O)CNC. The van der Waals surface area contributed by atoms with E-state index in [0.717, 1.165) is 13.0 Å². The van der Waals surface area contributed by atoms with Gasteiger partial charge in [0.2, 0.25) is 0 Å². The average molecular weight is 144 g/mol. The highest BCUT2D eigenvalue weighted by atomic mass is 16.1. The minimum Gasteiger partial charge on any atom is -0.320 e. The van der Waals surface area contributed by atoms with Crippen LogP contribution in [0.15, 0.2) is 0 Å². The Bertz CT molecular complexity index is 93.6. The predicted molar refractivity (Wildman–Crippen MR) is 42.1 cm³/mol. The van der Waals surface area contributed by atoms with Gasteiger partial charge in [-0.25, -0.2) is 0 Å². The Balaban J connectivity index is 3.05. The van der Waals surface area contributed by atoms with Gasteiger partial charge in [0.1, 0.15) is 5.78 Å². The maximum Gasteiger partial charge on any atom is 0.146 e. The molecule has 10 heavy (non-hydrogen) atoms.